The Morgan fingerprint density at radius 2 is 0.949 bits per heavy atom. The van der Waals surface area contributed by atoms with Gasteiger partial charge in [-0.1, -0.05) is 36.4 Å². The van der Waals surface area contributed by atoms with Crippen molar-refractivity contribution in [1.82, 2.24) is 0 Å². The topological polar surface area (TPSA) is 135 Å². The summed E-state index contributed by atoms with van der Waals surface area (Å²) in [5.74, 6) is -2.55. The minimum atomic E-state index is -1.33. The van der Waals surface area contributed by atoms with Gasteiger partial charge in [0.15, 0.2) is 0 Å². The molecule has 0 aliphatic carbocycles. The molecule has 0 radical (unpaired) electrons. The lowest BCUT2D eigenvalue weighted by molar-refractivity contribution is -0.136. The zero-order chi connectivity index (χ0) is 27.3. The van der Waals surface area contributed by atoms with Crippen LogP contribution in [0.5, 0.6) is 0 Å². The summed E-state index contributed by atoms with van der Waals surface area (Å²) in [4.78, 5) is 50.9. The van der Waals surface area contributed by atoms with Gasteiger partial charge in [-0.25, -0.2) is 0 Å². The van der Waals surface area contributed by atoms with Crippen LogP contribution < -0.4 is 10.9 Å². The third-order valence-electron chi connectivity index (χ3n) is 6.53. The summed E-state index contributed by atoms with van der Waals surface area (Å²) in [7, 11) is 0. The molecule has 2 atom stereocenters. The van der Waals surface area contributed by atoms with E-state index in [1.165, 1.54) is 36.4 Å². The number of thioether (sulfide) groups is 1. The van der Waals surface area contributed by atoms with E-state index in [9.17, 15) is 29.4 Å². The Morgan fingerprint density at radius 1 is 0.564 bits per heavy atom. The SMILES string of the molecule is O=C(O)C(SC(C(=O)O)c1ccc2oc3ccccc3c(=O)c2c1)c1ccc2oc3ccccc3c(=O)c2c1. The lowest BCUT2D eigenvalue weighted by Crippen LogP contribution is -2.16. The minimum absolute atomic E-state index is 0.195. The Bertz CT molecular complexity index is 1930. The molecule has 0 amide bonds. The predicted octanol–water partition coefficient (Wildman–Crippen LogP) is 5.89. The van der Waals surface area contributed by atoms with E-state index in [0.29, 0.717) is 44.9 Å². The van der Waals surface area contributed by atoms with Crippen molar-refractivity contribution in [3.05, 3.63) is 117 Å². The molecule has 0 saturated heterocycles. The van der Waals surface area contributed by atoms with Crippen LogP contribution in [0.15, 0.2) is 103 Å². The maximum Gasteiger partial charge on any atom is 0.321 e. The third kappa shape index (κ3) is 4.22. The van der Waals surface area contributed by atoms with Gasteiger partial charge in [0, 0.05) is 0 Å². The summed E-state index contributed by atoms with van der Waals surface area (Å²) in [6.45, 7) is 0. The van der Waals surface area contributed by atoms with Crippen LogP contribution in [-0.2, 0) is 9.59 Å². The molecule has 4 aromatic carbocycles. The summed E-state index contributed by atoms with van der Waals surface area (Å²) < 4.78 is 11.6. The number of para-hydroxylation sites is 2. The highest BCUT2D eigenvalue weighted by Gasteiger charge is 2.31. The van der Waals surface area contributed by atoms with Crippen LogP contribution in [0.1, 0.15) is 21.6 Å². The highest BCUT2D eigenvalue weighted by Crippen LogP contribution is 2.42. The smallest absolute Gasteiger partial charge is 0.321 e. The molecule has 0 aliphatic rings. The maximum atomic E-state index is 13.1. The summed E-state index contributed by atoms with van der Waals surface area (Å²) in [6.07, 6.45) is 0. The third-order valence-corrected chi connectivity index (χ3v) is 8.02. The van der Waals surface area contributed by atoms with E-state index in [4.69, 9.17) is 8.83 Å². The van der Waals surface area contributed by atoms with Gasteiger partial charge in [0.05, 0.1) is 21.5 Å². The second kappa shape index (κ2) is 9.45. The molecule has 2 N–H and O–H groups in total. The highest BCUT2D eigenvalue weighted by molar-refractivity contribution is 8.01. The van der Waals surface area contributed by atoms with Crippen molar-refractivity contribution >= 4 is 67.6 Å². The van der Waals surface area contributed by atoms with Crippen molar-refractivity contribution < 1.29 is 28.6 Å². The monoisotopic (exact) mass is 538 g/mol. The van der Waals surface area contributed by atoms with E-state index in [1.807, 2.05) is 0 Å². The molecular weight excluding hydrogens is 520 g/mol. The molecule has 0 spiro atoms. The fourth-order valence-electron chi connectivity index (χ4n) is 4.66. The highest BCUT2D eigenvalue weighted by atomic mass is 32.2. The first-order chi connectivity index (χ1) is 18.8. The number of carboxylic acids is 2. The molecule has 2 aromatic heterocycles. The van der Waals surface area contributed by atoms with Gasteiger partial charge in [-0.2, -0.15) is 0 Å². The zero-order valence-electron chi connectivity index (χ0n) is 20.0. The van der Waals surface area contributed by atoms with Crippen LogP contribution in [0.4, 0.5) is 0 Å². The Balaban J connectivity index is 1.43. The van der Waals surface area contributed by atoms with Gasteiger partial charge in [0.2, 0.25) is 10.9 Å². The standard InChI is InChI=1S/C30H18O8S/c31-25-17-5-1-3-7-21(17)37-23-11-9-15(13-19(23)25)27(29(33)34)39-28(30(35)36)16-10-12-24-20(14-16)26(32)18-6-2-4-8-22(18)38-24/h1-14,27-28H,(H,33,34)(H,35,36). The van der Waals surface area contributed by atoms with Crippen molar-refractivity contribution in [3.63, 3.8) is 0 Å². The van der Waals surface area contributed by atoms with Gasteiger partial charge < -0.3 is 19.0 Å². The fourth-order valence-corrected chi connectivity index (χ4v) is 5.78. The van der Waals surface area contributed by atoms with Crippen molar-refractivity contribution in [1.29, 1.82) is 0 Å². The number of fused-ring (bicyclic) bond motifs is 4. The van der Waals surface area contributed by atoms with E-state index >= 15 is 0 Å². The minimum Gasteiger partial charge on any atom is -0.480 e. The molecule has 2 heterocycles. The quantitative estimate of drug-likeness (QED) is 0.249. The van der Waals surface area contributed by atoms with Crippen LogP contribution in [0.3, 0.4) is 0 Å². The van der Waals surface area contributed by atoms with Crippen LogP contribution in [0, 0.1) is 0 Å². The number of hydrogen-bond acceptors (Lipinski definition) is 7. The summed E-state index contributed by atoms with van der Waals surface area (Å²) in [5, 5.41) is 18.6. The molecule has 9 heteroatoms. The molecule has 0 fully saturated rings. The molecular formula is C30H18O8S. The second-order valence-corrected chi connectivity index (χ2v) is 10.2. The number of hydrogen-bond donors (Lipinski definition) is 2. The van der Waals surface area contributed by atoms with Gasteiger partial charge in [-0.15, -0.1) is 11.8 Å². The van der Waals surface area contributed by atoms with Gasteiger partial charge >= 0.3 is 11.9 Å². The van der Waals surface area contributed by atoms with Crippen LogP contribution in [0.2, 0.25) is 0 Å². The lowest BCUT2D eigenvalue weighted by Gasteiger charge is -2.19. The van der Waals surface area contributed by atoms with E-state index in [2.05, 4.69) is 0 Å². The van der Waals surface area contributed by atoms with Crippen LogP contribution >= 0.6 is 11.8 Å². The Hall–Kier alpha value is -4.89. The summed E-state index contributed by atoms with van der Waals surface area (Å²) in [5.41, 5.74) is 1.25. The molecule has 39 heavy (non-hydrogen) atoms. The molecule has 2 unspecified atom stereocenters. The van der Waals surface area contributed by atoms with Crippen LogP contribution in [-0.4, -0.2) is 22.2 Å². The normalized spacial score (nSPS) is 13.1. The van der Waals surface area contributed by atoms with Crippen LogP contribution in [0.25, 0.3) is 43.9 Å². The fraction of sp³-hybridized carbons (Fsp3) is 0.0667. The van der Waals surface area contributed by atoms with Crippen molar-refractivity contribution in [3.8, 4) is 0 Å². The van der Waals surface area contributed by atoms with E-state index in [0.717, 1.165) is 0 Å². The lowest BCUT2D eigenvalue weighted by atomic mass is 10.1. The number of carboxylic acid groups (broad SMARTS) is 2. The first-order valence-electron chi connectivity index (χ1n) is 11.8. The number of benzene rings is 4. The molecule has 192 valence electrons. The average molecular weight is 539 g/mol. The van der Waals surface area contributed by atoms with Gasteiger partial charge in [0.1, 0.15) is 32.8 Å². The van der Waals surface area contributed by atoms with Gasteiger partial charge in [-0.05, 0) is 59.7 Å². The zero-order valence-corrected chi connectivity index (χ0v) is 20.8. The molecule has 0 bridgehead atoms. The Kier molecular flexibility index (Phi) is 5.92. The number of rotatable bonds is 6. The Labute approximate surface area is 223 Å². The summed E-state index contributed by atoms with van der Waals surface area (Å²) in [6, 6.07) is 22.4. The van der Waals surface area contributed by atoms with Crippen molar-refractivity contribution in [2.45, 2.75) is 10.5 Å². The molecule has 0 saturated carbocycles. The first-order valence-corrected chi connectivity index (χ1v) is 12.8. The second-order valence-electron chi connectivity index (χ2n) is 8.94. The number of aliphatic carboxylic acids is 2. The molecule has 6 aromatic rings. The molecule has 6 rings (SSSR count). The Morgan fingerprint density at radius 3 is 1.36 bits per heavy atom. The van der Waals surface area contributed by atoms with Gasteiger partial charge in [0.25, 0.3) is 0 Å². The largest absolute Gasteiger partial charge is 0.480 e. The predicted molar refractivity (Wildman–Crippen MR) is 148 cm³/mol. The maximum absolute atomic E-state index is 13.1. The van der Waals surface area contributed by atoms with Crippen molar-refractivity contribution in [2.24, 2.45) is 0 Å². The van der Waals surface area contributed by atoms with Crippen molar-refractivity contribution in [2.75, 3.05) is 0 Å². The molecule has 0 aliphatic heterocycles. The average Bonchev–Trinajstić information content (AvgIpc) is 2.93. The first kappa shape index (κ1) is 24.4. The van der Waals surface area contributed by atoms with E-state index in [1.54, 1.807) is 48.5 Å². The van der Waals surface area contributed by atoms with E-state index in [-0.39, 0.29) is 32.8 Å². The molecule has 8 nitrogen and oxygen atoms in total. The van der Waals surface area contributed by atoms with E-state index < -0.39 is 22.4 Å². The number of carbonyl (C=O) groups is 2. The van der Waals surface area contributed by atoms with Gasteiger partial charge in [-0.3, -0.25) is 19.2 Å². The summed E-state index contributed by atoms with van der Waals surface area (Å²) >= 11 is 0.684.